The zero-order valence-corrected chi connectivity index (χ0v) is 15.4. The van der Waals surface area contributed by atoms with Crippen LogP contribution >= 0.6 is 11.6 Å². The molecule has 26 heavy (non-hydrogen) atoms. The molecule has 2 aromatic rings. The number of halogens is 1. The second-order valence-electron chi connectivity index (χ2n) is 6.86. The summed E-state index contributed by atoms with van der Waals surface area (Å²) in [5.74, 6) is 0.649. The number of benzene rings is 1. The number of guanidine groups is 2. The fourth-order valence-corrected chi connectivity index (χ4v) is 4.18. The molecule has 0 radical (unpaired) electrons. The number of hydrogen-bond donors (Lipinski definition) is 2. The Morgan fingerprint density at radius 1 is 1.04 bits per heavy atom. The minimum atomic E-state index is -0.435. The van der Waals surface area contributed by atoms with Gasteiger partial charge in [0.25, 0.3) is 0 Å². The van der Waals surface area contributed by atoms with Gasteiger partial charge >= 0.3 is 0 Å². The fourth-order valence-electron chi connectivity index (χ4n) is 3.89. The Labute approximate surface area is 157 Å². The van der Waals surface area contributed by atoms with Gasteiger partial charge in [-0.05, 0) is 62.9 Å². The summed E-state index contributed by atoms with van der Waals surface area (Å²) in [6.07, 6.45) is 5.23. The van der Waals surface area contributed by atoms with Gasteiger partial charge in [-0.3, -0.25) is 4.90 Å². The molecule has 0 amide bonds. The molecule has 1 spiro atoms. The average Bonchev–Trinajstić information content (AvgIpc) is 2.94. The molecular weight excluding hydrogens is 350 g/mol. The van der Waals surface area contributed by atoms with E-state index in [1.54, 1.807) is 4.68 Å². The van der Waals surface area contributed by atoms with Crippen molar-refractivity contribution in [1.29, 1.82) is 0 Å². The van der Waals surface area contributed by atoms with Gasteiger partial charge in [0.2, 0.25) is 11.9 Å². The summed E-state index contributed by atoms with van der Waals surface area (Å²) in [5.41, 5.74) is 14.4. The minimum Gasteiger partial charge on any atom is -0.369 e. The number of aliphatic imine (C=N–C) groups is 2. The third kappa shape index (κ3) is 2.82. The Morgan fingerprint density at radius 2 is 1.69 bits per heavy atom. The first-order valence-corrected chi connectivity index (χ1v) is 9.19. The van der Waals surface area contributed by atoms with Crippen LogP contribution in [-0.4, -0.2) is 27.4 Å². The number of hydrogen-bond acceptors (Lipinski definition) is 6. The molecule has 1 aliphatic heterocycles. The zero-order chi connectivity index (χ0) is 18.3. The molecule has 1 aromatic heterocycles. The van der Waals surface area contributed by atoms with E-state index < -0.39 is 5.66 Å². The summed E-state index contributed by atoms with van der Waals surface area (Å²) in [6, 6.07) is 9.77. The first kappa shape index (κ1) is 16.9. The molecule has 0 saturated heterocycles. The lowest BCUT2D eigenvalue weighted by Crippen LogP contribution is -2.58. The quantitative estimate of drug-likeness (QED) is 0.847. The van der Waals surface area contributed by atoms with Crippen LogP contribution in [0.4, 0.5) is 5.69 Å². The highest BCUT2D eigenvalue weighted by atomic mass is 35.5. The van der Waals surface area contributed by atoms with Gasteiger partial charge in [0.1, 0.15) is 10.8 Å². The maximum Gasteiger partial charge on any atom is 0.220 e. The van der Waals surface area contributed by atoms with Crippen molar-refractivity contribution < 1.29 is 0 Å². The van der Waals surface area contributed by atoms with Gasteiger partial charge < -0.3 is 11.5 Å². The van der Waals surface area contributed by atoms with Crippen molar-refractivity contribution in [1.82, 2.24) is 9.78 Å². The monoisotopic (exact) mass is 371 g/mol. The molecule has 2 aliphatic rings. The van der Waals surface area contributed by atoms with E-state index in [-0.39, 0.29) is 5.96 Å². The molecule has 0 atom stereocenters. The van der Waals surface area contributed by atoms with E-state index in [2.05, 4.69) is 10.1 Å². The molecule has 4 rings (SSSR count). The fraction of sp³-hybridized carbons (Fsp3) is 0.389. The van der Waals surface area contributed by atoms with Crippen LogP contribution in [0.1, 0.15) is 37.8 Å². The van der Waals surface area contributed by atoms with Crippen molar-refractivity contribution in [2.75, 3.05) is 4.90 Å². The van der Waals surface area contributed by atoms with Gasteiger partial charge in [0.15, 0.2) is 0 Å². The number of rotatable bonds is 2. The summed E-state index contributed by atoms with van der Waals surface area (Å²) in [7, 11) is 0. The Kier molecular flexibility index (Phi) is 4.11. The normalized spacial score (nSPS) is 19.4. The molecule has 1 aromatic carbocycles. The van der Waals surface area contributed by atoms with Crippen LogP contribution in [0.3, 0.4) is 0 Å². The minimum absolute atomic E-state index is 0.260. The van der Waals surface area contributed by atoms with Crippen molar-refractivity contribution >= 4 is 29.2 Å². The van der Waals surface area contributed by atoms with Crippen molar-refractivity contribution in [2.24, 2.45) is 21.5 Å². The summed E-state index contributed by atoms with van der Waals surface area (Å²) in [5, 5.41) is 4.99. The van der Waals surface area contributed by atoms with Crippen LogP contribution in [0.2, 0.25) is 5.15 Å². The van der Waals surface area contributed by atoms with Gasteiger partial charge in [0, 0.05) is 5.69 Å². The van der Waals surface area contributed by atoms with Gasteiger partial charge in [-0.2, -0.15) is 10.1 Å². The van der Waals surface area contributed by atoms with Crippen LogP contribution < -0.4 is 16.4 Å². The summed E-state index contributed by atoms with van der Waals surface area (Å²) >= 11 is 6.24. The molecule has 1 fully saturated rings. The van der Waals surface area contributed by atoms with Crippen molar-refractivity contribution in [2.45, 2.75) is 44.7 Å². The molecule has 2 heterocycles. The number of nitrogens with two attached hydrogens (primary N) is 2. The summed E-state index contributed by atoms with van der Waals surface area (Å²) < 4.78 is 1.71. The van der Waals surface area contributed by atoms with Crippen LogP contribution in [0.5, 0.6) is 0 Å². The molecule has 4 N–H and O–H groups in total. The van der Waals surface area contributed by atoms with Crippen molar-refractivity contribution in [3.8, 4) is 5.69 Å². The van der Waals surface area contributed by atoms with Crippen LogP contribution in [-0.2, 0) is 0 Å². The van der Waals surface area contributed by atoms with E-state index in [0.717, 1.165) is 42.8 Å². The first-order valence-electron chi connectivity index (χ1n) is 8.81. The average molecular weight is 372 g/mol. The van der Waals surface area contributed by atoms with Gasteiger partial charge in [-0.1, -0.05) is 18.0 Å². The largest absolute Gasteiger partial charge is 0.369 e. The van der Waals surface area contributed by atoms with E-state index in [4.69, 9.17) is 28.1 Å². The highest BCUT2D eigenvalue weighted by Crippen LogP contribution is 2.39. The van der Waals surface area contributed by atoms with E-state index in [1.807, 2.05) is 42.2 Å². The summed E-state index contributed by atoms with van der Waals surface area (Å²) in [6.45, 7) is 1.91. The summed E-state index contributed by atoms with van der Waals surface area (Å²) in [4.78, 5) is 10.9. The Morgan fingerprint density at radius 3 is 2.31 bits per heavy atom. The van der Waals surface area contributed by atoms with Gasteiger partial charge in [-0.25, -0.2) is 9.67 Å². The van der Waals surface area contributed by atoms with Gasteiger partial charge in [0.05, 0.1) is 11.4 Å². The molecule has 8 heteroatoms. The lowest BCUT2D eigenvalue weighted by Gasteiger charge is -2.45. The number of nitrogens with zero attached hydrogens (tertiary/aromatic N) is 5. The second-order valence-corrected chi connectivity index (χ2v) is 7.24. The van der Waals surface area contributed by atoms with Crippen molar-refractivity contribution in [3.05, 3.63) is 41.2 Å². The third-order valence-electron chi connectivity index (χ3n) is 4.99. The maximum atomic E-state index is 6.26. The SMILES string of the molecule is Cc1cc(Cl)n(-c2ccc(N3C(N)=NC(N)=NC34CCCCC4)cc2)n1. The molecular formula is C18H22ClN7. The highest BCUT2D eigenvalue weighted by Gasteiger charge is 2.42. The van der Waals surface area contributed by atoms with Crippen LogP contribution in [0.15, 0.2) is 40.3 Å². The van der Waals surface area contributed by atoms with Crippen LogP contribution in [0, 0.1) is 6.92 Å². The number of aryl methyl sites for hydroxylation is 1. The lowest BCUT2D eigenvalue weighted by molar-refractivity contribution is 0.305. The number of aromatic nitrogens is 2. The Bertz CT molecular complexity index is 875. The molecule has 0 unspecified atom stereocenters. The van der Waals surface area contributed by atoms with E-state index in [0.29, 0.717) is 11.1 Å². The molecule has 1 aliphatic carbocycles. The lowest BCUT2D eigenvalue weighted by atomic mass is 9.87. The maximum absolute atomic E-state index is 6.26. The van der Waals surface area contributed by atoms with E-state index >= 15 is 0 Å². The Hall–Kier alpha value is -2.54. The first-order chi connectivity index (χ1) is 12.5. The standard InChI is InChI=1S/C18H22ClN7/c1-12-11-15(19)26(24-12)14-7-5-13(6-8-14)25-17(21)22-16(20)23-18(25)9-3-2-4-10-18/h5-8,11H,2-4,9-10H2,1H3,(H4,20,21,22,23). The zero-order valence-electron chi connectivity index (χ0n) is 14.7. The molecule has 7 nitrogen and oxygen atoms in total. The third-order valence-corrected chi connectivity index (χ3v) is 5.26. The van der Waals surface area contributed by atoms with Crippen molar-refractivity contribution in [3.63, 3.8) is 0 Å². The molecule has 1 saturated carbocycles. The second kappa shape index (κ2) is 6.32. The number of anilines is 1. The topological polar surface area (TPSA) is 97.8 Å². The predicted molar refractivity (Wildman–Crippen MR) is 105 cm³/mol. The highest BCUT2D eigenvalue weighted by molar-refractivity contribution is 6.29. The smallest absolute Gasteiger partial charge is 0.220 e. The molecule has 136 valence electrons. The predicted octanol–water partition coefficient (Wildman–Crippen LogP) is 2.94. The van der Waals surface area contributed by atoms with Crippen LogP contribution in [0.25, 0.3) is 5.69 Å². The molecule has 0 bridgehead atoms. The Balaban J connectivity index is 1.71. The van der Waals surface area contributed by atoms with E-state index in [9.17, 15) is 0 Å². The van der Waals surface area contributed by atoms with Gasteiger partial charge in [-0.15, -0.1) is 0 Å². The van der Waals surface area contributed by atoms with E-state index in [1.165, 1.54) is 6.42 Å².